The van der Waals surface area contributed by atoms with Gasteiger partial charge in [-0.25, -0.2) is 4.79 Å². The molecular weight excluding hydrogens is 746 g/mol. The number of fused-ring (bicyclic) bond motifs is 3. The van der Waals surface area contributed by atoms with Gasteiger partial charge >= 0.3 is 5.97 Å². The van der Waals surface area contributed by atoms with Crippen LogP contribution in [0.2, 0.25) is 0 Å². The molecule has 3 N–H and O–H groups in total. The van der Waals surface area contributed by atoms with Gasteiger partial charge in [0.1, 0.15) is 18.2 Å². The van der Waals surface area contributed by atoms with Crippen LogP contribution in [-0.4, -0.2) is 126 Å². The van der Waals surface area contributed by atoms with Gasteiger partial charge in [-0.05, 0) is 107 Å². The molecule has 1 amide bonds. The maximum Gasteiger partial charge on any atom is 0.329 e. The van der Waals surface area contributed by atoms with E-state index in [0.717, 1.165) is 0 Å². The fraction of sp³-hybridized carbons (Fsp3) is 0.778. The number of aliphatic hydroxyl groups is 3. The van der Waals surface area contributed by atoms with Crippen molar-refractivity contribution in [1.82, 2.24) is 4.90 Å². The van der Waals surface area contributed by atoms with Crippen LogP contribution in [0.15, 0.2) is 35.5 Å². The van der Waals surface area contributed by atoms with Crippen LogP contribution in [-0.2, 0) is 42.9 Å². The standard InChI is InChI=1S/C45H71NO12/c1-10-11-14-32-20-26(2)19-27(3)21-38(55-8)41-39(56-9)23-29(5)45(53,58-41)42(50)43(51)46-18-13-12-15-33(46)44(52)57-40(30(6)35(48)25-36(32)49)28(4)22-31-16-17-34(47)37(24-31)54-7/h10-11,20,22,26-27,29-31,33-35,37-41,47-48,53H,12-19,21,23-25H2,1-9H3/b11-10?,28-22?,32-20+. The minimum atomic E-state index is -2.51. The maximum absolute atomic E-state index is 14.3. The first-order valence-electron chi connectivity index (χ1n) is 21.4. The van der Waals surface area contributed by atoms with E-state index in [1.54, 1.807) is 21.0 Å². The molecule has 4 aliphatic rings. The van der Waals surface area contributed by atoms with Crippen LogP contribution < -0.4 is 0 Å². The summed E-state index contributed by atoms with van der Waals surface area (Å²) in [6.45, 7) is 11.3. The average molecular weight is 818 g/mol. The largest absolute Gasteiger partial charge is 0.456 e. The van der Waals surface area contributed by atoms with Crippen molar-refractivity contribution in [2.24, 2.45) is 29.6 Å². The normalized spacial score (nSPS) is 40.7. The first kappa shape index (κ1) is 47.9. The van der Waals surface area contributed by atoms with E-state index in [-0.39, 0.29) is 55.4 Å². The Morgan fingerprint density at radius 1 is 0.897 bits per heavy atom. The molecule has 3 heterocycles. The number of ether oxygens (including phenoxy) is 5. The zero-order chi connectivity index (χ0) is 42.9. The Morgan fingerprint density at radius 3 is 2.22 bits per heavy atom. The number of carbonyl (C=O) groups is 4. The minimum Gasteiger partial charge on any atom is -0.456 e. The number of rotatable bonds is 7. The lowest BCUT2D eigenvalue weighted by atomic mass is 9.81. The first-order valence-corrected chi connectivity index (χ1v) is 21.4. The summed E-state index contributed by atoms with van der Waals surface area (Å²) in [4.78, 5) is 58.0. The van der Waals surface area contributed by atoms with E-state index < -0.39 is 77.9 Å². The molecule has 2 saturated heterocycles. The molecule has 14 atom stereocenters. The molecule has 1 aliphatic carbocycles. The number of cyclic esters (lactones) is 1. The third-order valence-electron chi connectivity index (χ3n) is 13.1. The SMILES string of the molecule is CC=CC/C1=C\C(C)CC(C)CC(OC)C2OC(O)(C(=O)C(=O)N3CCCCC3C(=O)OC(C(C)=CC3CCC(O)C(OC)C3)C(C)C(O)CC1=O)C(C)CC2OC. The molecule has 13 heteroatoms. The molecular formula is C45H71NO12. The summed E-state index contributed by atoms with van der Waals surface area (Å²) in [6.07, 6.45) is 7.24. The number of hydrogen-bond acceptors (Lipinski definition) is 12. The highest BCUT2D eigenvalue weighted by atomic mass is 16.7. The lowest BCUT2D eigenvalue weighted by Gasteiger charge is -2.47. The molecule has 0 spiro atoms. The molecule has 0 radical (unpaired) electrons. The maximum atomic E-state index is 14.3. The molecule has 13 nitrogen and oxygen atoms in total. The van der Waals surface area contributed by atoms with Crippen molar-refractivity contribution < 1.29 is 58.2 Å². The molecule has 3 fully saturated rings. The van der Waals surface area contributed by atoms with Crippen molar-refractivity contribution in [1.29, 1.82) is 0 Å². The molecule has 3 aliphatic heterocycles. The summed E-state index contributed by atoms with van der Waals surface area (Å²) in [7, 11) is 4.63. The van der Waals surface area contributed by atoms with Crippen molar-refractivity contribution in [3.63, 3.8) is 0 Å². The molecule has 0 aromatic rings. The second-order valence-electron chi connectivity index (χ2n) is 17.6. The average Bonchev–Trinajstić information content (AvgIpc) is 3.20. The van der Waals surface area contributed by atoms with Crippen LogP contribution in [0.3, 0.4) is 0 Å². The van der Waals surface area contributed by atoms with Crippen LogP contribution in [0.5, 0.6) is 0 Å². The van der Waals surface area contributed by atoms with E-state index >= 15 is 0 Å². The highest BCUT2D eigenvalue weighted by molar-refractivity contribution is 6.39. The van der Waals surface area contributed by atoms with Gasteiger partial charge in [0, 0.05) is 46.1 Å². The number of hydrogen-bond donors (Lipinski definition) is 3. The summed E-state index contributed by atoms with van der Waals surface area (Å²) in [5.74, 6) is -7.24. The van der Waals surface area contributed by atoms with E-state index in [4.69, 9.17) is 23.7 Å². The van der Waals surface area contributed by atoms with Crippen molar-refractivity contribution in [2.75, 3.05) is 27.9 Å². The lowest BCUT2D eigenvalue weighted by Crippen LogP contribution is -2.64. The van der Waals surface area contributed by atoms with E-state index in [9.17, 15) is 34.5 Å². The highest BCUT2D eigenvalue weighted by Crippen LogP contribution is 2.39. The lowest BCUT2D eigenvalue weighted by molar-refractivity contribution is -0.302. The topological polar surface area (TPSA) is 178 Å². The number of piperidine rings is 1. The molecule has 2 bridgehead atoms. The Hall–Kier alpha value is -2.78. The number of amides is 1. The Bertz CT molecular complexity index is 1510. The van der Waals surface area contributed by atoms with Gasteiger partial charge in [0.25, 0.3) is 11.7 Å². The number of ketones is 2. The van der Waals surface area contributed by atoms with Gasteiger partial charge in [-0.2, -0.15) is 0 Å². The van der Waals surface area contributed by atoms with Gasteiger partial charge in [0.15, 0.2) is 5.78 Å². The molecule has 4 rings (SSSR count). The Labute approximate surface area is 345 Å². The Morgan fingerprint density at radius 2 is 1.57 bits per heavy atom. The van der Waals surface area contributed by atoms with Crippen molar-refractivity contribution >= 4 is 23.4 Å². The van der Waals surface area contributed by atoms with Gasteiger partial charge in [-0.1, -0.05) is 52.0 Å². The van der Waals surface area contributed by atoms with Crippen LogP contribution in [0.1, 0.15) is 112 Å². The third-order valence-corrected chi connectivity index (χ3v) is 13.1. The number of aliphatic hydroxyl groups excluding tert-OH is 2. The van der Waals surface area contributed by atoms with E-state index in [0.29, 0.717) is 62.5 Å². The molecule has 0 aromatic heterocycles. The molecule has 0 aromatic carbocycles. The summed E-state index contributed by atoms with van der Waals surface area (Å²) in [6, 6.07) is -1.14. The van der Waals surface area contributed by atoms with Crippen LogP contribution in [0.25, 0.3) is 0 Å². The molecule has 1 saturated carbocycles. The summed E-state index contributed by atoms with van der Waals surface area (Å²) in [5, 5.41) is 34.2. The molecule has 58 heavy (non-hydrogen) atoms. The van der Waals surface area contributed by atoms with Gasteiger partial charge in [-0.15, -0.1) is 0 Å². The number of nitrogens with zero attached hydrogens (tertiary/aromatic N) is 1. The minimum absolute atomic E-state index is 0.00902. The Balaban J connectivity index is 1.79. The first-order chi connectivity index (χ1) is 27.5. The second-order valence-corrected chi connectivity index (χ2v) is 17.6. The molecule has 14 unspecified atom stereocenters. The zero-order valence-corrected chi connectivity index (χ0v) is 36.3. The Kier molecular flexibility index (Phi) is 17.9. The fourth-order valence-corrected chi connectivity index (χ4v) is 9.53. The van der Waals surface area contributed by atoms with Gasteiger partial charge in [0.05, 0.1) is 30.5 Å². The van der Waals surface area contributed by atoms with Crippen molar-refractivity contribution in [3.8, 4) is 0 Å². The number of carbonyl (C=O) groups excluding carboxylic acids is 4. The number of esters is 1. The number of methoxy groups -OCH3 is 3. The number of allylic oxidation sites excluding steroid dienone is 5. The van der Waals surface area contributed by atoms with Crippen LogP contribution in [0.4, 0.5) is 0 Å². The smallest absolute Gasteiger partial charge is 0.329 e. The zero-order valence-electron chi connectivity index (χ0n) is 36.3. The van der Waals surface area contributed by atoms with Crippen molar-refractivity contribution in [2.45, 2.75) is 167 Å². The van der Waals surface area contributed by atoms with Crippen molar-refractivity contribution in [3.05, 3.63) is 35.5 Å². The second kappa shape index (κ2) is 21.7. The predicted molar refractivity (Wildman–Crippen MR) is 217 cm³/mol. The third kappa shape index (κ3) is 11.5. The summed E-state index contributed by atoms with van der Waals surface area (Å²) >= 11 is 0. The van der Waals surface area contributed by atoms with Gasteiger partial charge in [0.2, 0.25) is 5.79 Å². The van der Waals surface area contributed by atoms with Gasteiger partial charge in [-0.3, -0.25) is 14.4 Å². The quantitative estimate of drug-likeness (QED) is 0.178. The van der Waals surface area contributed by atoms with E-state index in [2.05, 4.69) is 6.92 Å². The van der Waals surface area contributed by atoms with E-state index in [1.165, 1.54) is 19.1 Å². The predicted octanol–water partition coefficient (Wildman–Crippen LogP) is 5.03. The van der Waals surface area contributed by atoms with E-state index in [1.807, 2.05) is 45.1 Å². The number of Topliss-reactive ketones (excluding diaryl/α,β-unsaturated/α-hetero) is 2. The van der Waals surface area contributed by atoms with Gasteiger partial charge < -0.3 is 43.9 Å². The van der Waals surface area contributed by atoms with Crippen LogP contribution in [0, 0.1) is 29.6 Å². The highest BCUT2D eigenvalue weighted by Gasteiger charge is 2.56. The molecule has 328 valence electrons. The van der Waals surface area contributed by atoms with Crippen LogP contribution >= 0.6 is 0 Å². The summed E-state index contributed by atoms with van der Waals surface area (Å²) in [5.41, 5.74) is 1.23. The summed E-state index contributed by atoms with van der Waals surface area (Å²) < 4.78 is 29.8. The monoisotopic (exact) mass is 817 g/mol. The fourth-order valence-electron chi connectivity index (χ4n) is 9.53.